The van der Waals surface area contributed by atoms with E-state index in [1.807, 2.05) is 31.2 Å². The quantitative estimate of drug-likeness (QED) is 0.749. The van der Waals surface area contributed by atoms with Gasteiger partial charge in [0.25, 0.3) is 5.22 Å². The van der Waals surface area contributed by atoms with Gasteiger partial charge in [-0.05, 0) is 36.8 Å². The zero-order chi connectivity index (χ0) is 14.7. The number of hydrogen-bond donors (Lipinski definition) is 1. The normalized spacial score (nSPS) is 10.7. The molecule has 0 radical (unpaired) electrons. The molecule has 1 aromatic carbocycles. The molecule has 0 bridgehead atoms. The average Bonchev–Trinajstić information content (AvgIpc) is 2.88. The molecule has 6 heteroatoms. The van der Waals surface area contributed by atoms with Gasteiger partial charge in [-0.15, -0.1) is 0 Å². The lowest BCUT2D eigenvalue weighted by Crippen LogP contribution is -2.13. The van der Waals surface area contributed by atoms with Gasteiger partial charge in [-0.25, -0.2) is 4.98 Å². The molecule has 0 aliphatic heterocycles. The van der Waals surface area contributed by atoms with Crippen LogP contribution in [0.4, 0.5) is 5.69 Å². The van der Waals surface area contributed by atoms with Crippen LogP contribution in [0.15, 0.2) is 52.2 Å². The molecule has 0 aliphatic carbocycles. The number of carbonyl (C=O) groups excluding carboxylic acids is 1. The van der Waals surface area contributed by atoms with Crippen molar-refractivity contribution in [2.45, 2.75) is 12.1 Å². The third-order valence-corrected chi connectivity index (χ3v) is 3.60. The molecule has 106 valence electrons. The van der Waals surface area contributed by atoms with Gasteiger partial charge in [0.15, 0.2) is 11.2 Å². The largest absolute Gasteiger partial charge is 0.430 e. The summed E-state index contributed by atoms with van der Waals surface area (Å²) in [6.45, 7) is 1.98. The van der Waals surface area contributed by atoms with E-state index in [-0.39, 0.29) is 11.7 Å². The van der Waals surface area contributed by atoms with Crippen LogP contribution in [0.5, 0.6) is 0 Å². The number of hydrogen-bond acceptors (Lipinski definition) is 5. The van der Waals surface area contributed by atoms with Crippen molar-refractivity contribution in [2.75, 3.05) is 11.1 Å². The van der Waals surface area contributed by atoms with Crippen molar-refractivity contribution >= 4 is 34.6 Å². The Balaban J connectivity index is 1.60. The number of benzene rings is 1. The van der Waals surface area contributed by atoms with Crippen LogP contribution in [0.1, 0.15) is 5.56 Å². The number of carbonyl (C=O) groups is 1. The number of nitrogens with one attached hydrogen (secondary N) is 1. The highest BCUT2D eigenvalue weighted by Crippen LogP contribution is 2.22. The Kier molecular flexibility index (Phi) is 3.87. The molecule has 0 saturated heterocycles. The summed E-state index contributed by atoms with van der Waals surface area (Å²) in [7, 11) is 0. The minimum atomic E-state index is -0.0965. The number of aromatic nitrogens is 2. The first kappa shape index (κ1) is 13.6. The highest BCUT2D eigenvalue weighted by atomic mass is 32.2. The first-order chi connectivity index (χ1) is 10.2. The van der Waals surface area contributed by atoms with Gasteiger partial charge in [0.05, 0.1) is 5.75 Å². The van der Waals surface area contributed by atoms with Crippen molar-refractivity contribution in [3.8, 4) is 0 Å². The third kappa shape index (κ3) is 3.41. The molecule has 21 heavy (non-hydrogen) atoms. The first-order valence-electron chi connectivity index (χ1n) is 6.41. The number of aryl methyl sites for hydroxylation is 1. The molecule has 3 aromatic rings. The van der Waals surface area contributed by atoms with Crippen LogP contribution in [0.25, 0.3) is 11.2 Å². The lowest BCUT2D eigenvalue weighted by molar-refractivity contribution is -0.113. The Morgan fingerprint density at radius 1 is 1.33 bits per heavy atom. The van der Waals surface area contributed by atoms with Crippen molar-refractivity contribution < 1.29 is 9.21 Å². The number of nitrogens with zero attached hydrogens (tertiary/aromatic N) is 2. The van der Waals surface area contributed by atoms with Crippen LogP contribution in [0.3, 0.4) is 0 Å². The van der Waals surface area contributed by atoms with E-state index in [0.29, 0.717) is 16.5 Å². The smallest absolute Gasteiger partial charge is 0.258 e. The summed E-state index contributed by atoms with van der Waals surface area (Å²) < 4.78 is 5.50. The fourth-order valence-corrected chi connectivity index (χ4v) is 2.48. The molecule has 5 nitrogen and oxygen atoms in total. The topological polar surface area (TPSA) is 68.0 Å². The van der Waals surface area contributed by atoms with Gasteiger partial charge >= 0.3 is 0 Å². The van der Waals surface area contributed by atoms with Crippen LogP contribution in [0.2, 0.25) is 0 Å². The fraction of sp³-hybridized carbons (Fsp3) is 0.133. The first-order valence-corrected chi connectivity index (χ1v) is 7.40. The van der Waals surface area contributed by atoms with Gasteiger partial charge in [-0.3, -0.25) is 4.79 Å². The Bertz CT molecular complexity index is 752. The van der Waals surface area contributed by atoms with Crippen molar-refractivity contribution in [1.82, 2.24) is 9.97 Å². The summed E-state index contributed by atoms with van der Waals surface area (Å²) in [6, 6.07) is 11.3. The number of anilines is 1. The van der Waals surface area contributed by atoms with Gasteiger partial charge in [-0.2, -0.15) is 4.98 Å². The maximum atomic E-state index is 11.9. The second-order valence-electron chi connectivity index (χ2n) is 4.51. The third-order valence-electron chi connectivity index (χ3n) is 2.77. The van der Waals surface area contributed by atoms with Gasteiger partial charge in [0.1, 0.15) is 0 Å². The molecule has 1 amide bonds. The van der Waals surface area contributed by atoms with E-state index >= 15 is 0 Å². The molecule has 3 rings (SSSR count). The summed E-state index contributed by atoms with van der Waals surface area (Å²) in [4.78, 5) is 20.2. The fourth-order valence-electron chi connectivity index (χ4n) is 1.86. The zero-order valence-corrected chi connectivity index (χ0v) is 12.2. The van der Waals surface area contributed by atoms with Crippen LogP contribution in [-0.2, 0) is 4.79 Å². The molecule has 1 N–H and O–H groups in total. The molecule has 2 heterocycles. The van der Waals surface area contributed by atoms with Gasteiger partial charge < -0.3 is 9.73 Å². The Hall–Kier alpha value is -2.34. The molecule has 0 atom stereocenters. The van der Waals surface area contributed by atoms with Crippen LogP contribution < -0.4 is 5.32 Å². The summed E-state index contributed by atoms with van der Waals surface area (Å²) in [6.07, 6.45) is 1.66. The summed E-state index contributed by atoms with van der Waals surface area (Å²) >= 11 is 1.25. The highest BCUT2D eigenvalue weighted by molar-refractivity contribution is 7.99. The lowest BCUT2D eigenvalue weighted by Gasteiger charge is -2.04. The standard InChI is InChI=1S/C15H13N3O2S/c1-10-4-2-5-11(8-10)17-13(19)9-21-15-18-14-12(20-15)6-3-7-16-14/h2-8H,9H2,1H3,(H,17,19). The average molecular weight is 299 g/mol. The van der Waals surface area contributed by atoms with Crippen molar-refractivity contribution in [3.05, 3.63) is 48.2 Å². The van der Waals surface area contributed by atoms with Crippen molar-refractivity contribution in [2.24, 2.45) is 0 Å². The molecule has 0 saturated carbocycles. The monoisotopic (exact) mass is 299 g/mol. The number of thioether (sulfide) groups is 1. The van der Waals surface area contributed by atoms with Crippen molar-refractivity contribution in [1.29, 1.82) is 0 Å². The number of amides is 1. The van der Waals surface area contributed by atoms with Gasteiger partial charge in [0, 0.05) is 11.9 Å². The van der Waals surface area contributed by atoms with E-state index in [9.17, 15) is 4.79 Å². The number of oxazole rings is 1. The van der Waals surface area contributed by atoms with Gasteiger partial charge in [0.2, 0.25) is 5.91 Å². The zero-order valence-electron chi connectivity index (χ0n) is 11.4. The van der Waals surface area contributed by atoms with E-state index in [1.54, 1.807) is 18.3 Å². The Morgan fingerprint density at radius 3 is 3.05 bits per heavy atom. The van der Waals surface area contributed by atoms with Crippen LogP contribution in [0, 0.1) is 6.92 Å². The van der Waals surface area contributed by atoms with E-state index in [0.717, 1.165) is 11.3 Å². The Morgan fingerprint density at radius 2 is 2.24 bits per heavy atom. The van der Waals surface area contributed by atoms with E-state index in [1.165, 1.54) is 11.8 Å². The Labute approximate surface area is 125 Å². The second kappa shape index (κ2) is 5.97. The molecule has 0 fully saturated rings. The van der Waals surface area contributed by atoms with Crippen LogP contribution >= 0.6 is 11.8 Å². The number of fused-ring (bicyclic) bond motifs is 1. The second-order valence-corrected chi connectivity index (χ2v) is 5.44. The maximum absolute atomic E-state index is 11.9. The summed E-state index contributed by atoms with van der Waals surface area (Å²) in [5.41, 5.74) is 3.07. The predicted molar refractivity (Wildman–Crippen MR) is 82.3 cm³/mol. The minimum Gasteiger partial charge on any atom is -0.430 e. The van der Waals surface area contributed by atoms with E-state index in [2.05, 4.69) is 15.3 Å². The molecule has 2 aromatic heterocycles. The SMILES string of the molecule is Cc1cccc(NC(=O)CSc2nc3ncccc3o2)c1. The van der Waals surface area contributed by atoms with Crippen molar-refractivity contribution in [3.63, 3.8) is 0 Å². The van der Waals surface area contributed by atoms with Gasteiger partial charge in [-0.1, -0.05) is 23.9 Å². The number of pyridine rings is 1. The molecular weight excluding hydrogens is 286 g/mol. The lowest BCUT2D eigenvalue weighted by atomic mass is 10.2. The van der Waals surface area contributed by atoms with E-state index < -0.39 is 0 Å². The summed E-state index contributed by atoms with van der Waals surface area (Å²) in [5.74, 6) is 0.140. The number of rotatable bonds is 4. The maximum Gasteiger partial charge on any atom is 0.258 e. The minimum absolute atomic E-state index is 0.0965. The summed E-state index contributed by atoms with van der Waals surface area (Å²) in [5, 5.41) is 3.29. The van der Waals surface area contributed by atoms with E-state index in [4.69, 9.17) is 4.42 Å². The van der Waals surface area contributed by atoms with Crippen LogP contribution in [-0.4, -0.2) is 21.6 Å². The molecular formula is C15H13N3O2S. The predicted octanol–water partition coefficient (Wildman–Crippen LogP) is 3.26. The highest BCUT2D eigenvalue weighted by Gasteiger charge is 2.09. The molecule has 0 aliphatic rings. The molecule has 0 spiro atoms. The molecule has 0 unspecified atom stereocenters.